The molecule has 1 aliphatic rings. The number of halogens is 1. The Hall–Kier alpha value is -0.380. The van der Waals surface area contributed by atoms with Crippen molar-refractivity contribution in [2.75, 3.05) is 39.5 Å². The van der Waals surface area contributed by atoms with E-state index in [9.17, 15) is 0 Å². The van der Waals surface area contributed by atoms with Crippen molar-refractivity contribution in [2.45, 2.75) is 38.7 Å². The fourth-order valence-corrected chi connectivity index (χ4v) is 3.24. The van der Waals surface area contributed by atoms with E-state index in [4.69, 9.17) is 9.47 Å². The second-order valence-corrected chi connectivity index (χ2v) is 6.75. The Bertz CT molecular complexity index is 451. The van der Waals surface area contributed by atoms with Crippen molar-refractivity contribution in [1.29, 1.82) is 0 Å². The SMILES string of the molecule is CCNC(=NCC(C)c1cccs1)NCCOCC1CCCO1.I. The standard InChI is InChI=1S/C17H29N3O2S.HI/c1-3-18-17(20-12-14(2)16-7-5-11-23-16)19-8-10-21-13-15-6-4-9-22-15;/h5,7,11,14-15H,3-4,6,8-10,12-13H2,1-2H3,(H2,18,19,20);1H. The van der Waals surface area contributed by atoms with Crippen LogP contribution in [0.4, 0.5) is 0 Å². The lowest BCUT2D eigenvalue weighted by atomic mass is 10.1. The van der Waals surface area contributed by atoms with E-state index in [-0.39, 0.29) is 24.0 Å². The third-order valence-corrected chi connectivity index (χ3v) is 4.87. The molecule has 0 aromatic carbocycles. The van der Waals surface area contributed by atoms with Crippen LogP contribution in [-0.2, 0) is 9.47 Å². The zero-order valence-electron chi connectivity index (χ0n) is 14.6. The summed E-state index contributed by atoms with van der Waals surface area (Å²) in [5, 5.41) is 8.72. The molecule has 2 atom stereocenters. The molecule has 0 saturated carbocycles. The lowest BCUT2D eigenvalue weighted by Gasteiger charge is -2.14. The first-order chi connectivity index (χ1) is 11.3. The fourth-order valence-electron chi connectivity index (χ4n) is 2.46. The molecule has 1 fully saturated rings. The third kappa shape index (κ3) is 8.13. The number of nitrogens with zero attached hydrogens (tertiary/aromatic N) is 1. The third-order valence-electron chi connectivity index (χ3n) is 3.76. The van der Waals surface area contributed by atoms with Crippen LogP contribution in [0.25, 0.3) is 0 Å². The van der Waals surface area contributed by atoms with Crippen molar-refractivity contribution in [1.82, 2.24) is 10.6 Å². The predicted octanol–water partition coefficient (Wildman–Crippen LogP) is 3.22. The Morgan fingerprint density at radius 3 is 3.04 bits per heavy atom. The summed E-state index contributed by atoms with van der Waals surface area (Å²) in [5.41, 5.74) is 0. The zero-order valence-corrected chi connectivity index (χ0v) is 17.8. The molecule has 0 aliphatic carbocycles. The minimum absolute atomic E-state index is 0. The molecule has 5 nitrogen and oxygen atoms in total. The summed E-state index contributed by atoms with van der Waals surface area (Å²) in [6.07, 6.45) is 2.58. The number of nitrogens with one attached hydrogen (secondary N) is 2. The maximum Gasteiger partial charge on any atom is 0.191 e. The molecule has 2 unspecified atom stereocenters. The molecular formula is C17H30IN3O2S. The van der Waals surface area contributed by atoms with Gasteiger partial charge in [0.1, 0.15) is 0 Å². The minimum Gasteiger partial charge on any atom is -0.377 e. The first kappa shape index (κ1) is 21.7. The van der Waals surface area contributed by atoms with Crippen LogP contribution in [0.3, 0.4) is 0 Å². The number of ether oxygens (including phenoxy) is 2. The van der Waals surface area contributed by atoms with E-state index in [1.54, 1.807) is 11.3 Å². The normalized spacial score (nSPS) is 18.9. The Balaban J connectivity index is 0.00000288. The van der Waals surface area contributed by atoms with Gasteiger partial charge in [0.25, 0.3) is 0 Å². The Labute approximate surface area is 166 Å². The molecular weight excluding hydrogens is 437 g/mol. The lowest BCUT2D eigenvalue weighted by molar-refractivity contribution is 0.0191. The van der Waals surface area contributed by atoms with Crippen molar-refractivity contribution in [3.63, 3.8) is 0 Å². The summed E-state index contributed by atoms with van der Waals surface area (Å²) >= 11 is 1.79. The average Bonchev–Trinajstić information content (AvgIpc) is 3.25. The highest BCUT2D eigenvalue weighted by molar-refractivity contribution is 14.0. The van der Waals surface area contributed by atoms with Crippen molar-refractivity contribution in [2.24, 2.45) is 4.99 Å². The molecule has 1 saturated heterocycles. The number of rotatable bonds is 9. The van der Waals surface area contributed by atoms with Crippen LogP contribution in [0.5, 0.6) is 0 Å². The molecule has 1 aromatic rings. The second-order valence-electron chi connectivity index (χ2n) is 5.77. The molecule has 2 N–H and O–H groups in total. The summed E-state index contributed by atoms with van der Waals surface area (Å²) < 4.78 is 11.2. The summed E-state index contributed by atoms with van der Waals surface area (Å²) in [7, 11) is 0. The van der Waals surface area contributed by atoms with Crippen molar-refractivity contribution < 1.29 is 9.47 Å². The molecule has 0 spiro atoms. The molecule has 2 rings (SSSR count). The quantitative estimate of drug-likeness (QED) is 0.254. The first-order valence-corrected chi connectivity index (χ1v) is 9.42. The average molecular weight is 467 g/mol. The molecule has 1 aliphatic heterocycles. The molecule has 24 heavy (non-hydrogen) atoms. The molecule has 1 aromatic heterocycles. The van der Waals surface area contributed by atoms with E-state index in [0.717, 1.165) is 45.0 Å². The van der Waals surface area contributed by atoms with E-state index >= 15 is 0 Å². The first-order valence-electron chi connectivity index (χ1n) is 8.54. The molecule has 0 bridgehead atoms. The summed E-state index contributed by atoms with van der Waals surface area (Å²) in [6.45, 7) is 8.94. The molecule has 0 amide bonds. The molecule has 138 valence electrons. The Morgan fingerprint density at radius 2 is 2.38 bits per heavy atom. The number of hydrogen-bond donors (Lipinski definition) is 2. The summed E-state index contributed by atoms with van der Waals surface area (Å²) in [4.78, 5) is 6.04. The predicted molar refractivity (Wildman–Crippen MR) is 112 cm³/mol. The fraction of sp³-hybridized carbons (Fsp3) is 0.706. The molecule has 0 radical (unpaired) electrons. The summed E-state index contributed by atoms with van der Waals surface area (Å²) in [6, 6.07) is 4.26. The van der Waals surface area contributed by atoms with Gasteiger partial charge in [0, 0.05) is 30.5 Å². The maximum atomic E-state index is 5.66. The van der Waals surface area contributed by atoms with Gasteiger partial charge in [0.05, 0.1) is 25.9 Å². The highest BCUT2D eigenvalue weighted by Gasteiger charge is 2.15. The van der Waals surface area contributed by atoms with Crippen molar-refractivity contribution >= 4 is 41.3 Å². The van der Waals surface area contributed by atoms with Gasteiger partial charge in [-0.15, -0.1) is 35.3 Å². The maximum absolute atomic E-state index is 5.66. The second kappa shape index (κ2) is 12.9. The van der Waals surface area contributed by atoms with Gasteiger partial charge in [-0.3, -0.25) is 4.99 Å². The van der Waals surface area contributed by atoms with Gasteiger partial charge in [-0.2, -0.15) is 0 Å². The van der Waals surface area contributed by atoms with E-state index in [1.807, 2.05) is 0 Å². The van der Waals surface area contributed by atoms with Gasteiger partial charge >= 0.3 is 0 Å². The van der Waals surface area contributed by atoms with Gasteiger partial charge in [-0.05, 0) is 31.2 Å². The van der Waals surface area contributed by atoms with Gasteiger partial charge in [0.15, 0.2) is 5.96 Å². The monoisotopic (exact) mass is 467 g/mol. The van der Waals surface area contributed by atoms with Gasteiger partial charge in [-0.1, -0.05) is 13.0 Å². The smallest absolute Gasteiger partial charge is 0.191 e. The van der Waals surface area contributed by atoms with Crippen LogP contribution in [0, 0.1) is 0 Å². The minimum atomic E-state index is 0. The van der Waals surface area contributed by atoms with E-state index in [1.165, 1.54) is 4.88 Å². The van der Waals surface area contributed by atoms with Gasteiger partial charge in [-0.25, -0.2) is 0 Å². The molecule has 7 heteroatoms. The van der Waals surface area contributed by atoms with Gasteiger partial charge < -0.3 is 20.1 Å². The highest BCUT2D eigenvalue weighted by Crippen LogP contribution is 2.20. The van der Waals surface area contributed by atoms with Crippen LogP contribution in [0.2, 0.25) is 0 Å². The van der Waals surface area contributed by atoms with Crippen LogP contribution in [-0.4, -0.2) is 51.5 Å². The molecule has 2 heterocycles. The van der Waals surface area contributed by atoms with E-state index in [0.29, 0.717) is 25.2 Å². The van der Waals surface area contributed by atoms with E-state index in [2.05, 4.69) is 47.0 Å². The lowest BCUT2D eigenvalue weighted by Crippen LogP contribution is -2.39. The summed E-state index contributed by atoms with van der Waals surface area (Å²) in [5.74, 6) is 1.30. The Morgan fingerprint density at radius 1 is 1.50 bits per heavy atom. The van der Waals surface area contributed by atoms with Crippen LogP contribution >= 0.6 is 35.3 Å². The van der Waals surface area contributed by atoms with Crippen molar-refractivity contribution in [3.8, 4) is 0 Å². The zero-order chi connectivity index (χ0) is 16.3. The largest absolute Gasteiger partial charge is 0.377 e. The van der Waals surface area contributed by atoms with Crippen LogP contribution in [0.1, 0.15) is 37.5 Å². The topological polar surface area (TPSA) is 54.9 Å². The van der Waals surface area contributed by atoms with E-state index < -0.39 is 0 Å². The number of aliphatic imine (C=N–C) groups is 1. The van der Waals surface area contributed by atoms with Crippen molar-refractivity contribution in [3.05, 3.63) is 22.4 Å². The highest BCUT2D eigenvalue weighted by atomic mass is 127. The number of guanidine groups is 1. The number of hydrogen-bond acceptors (Lipinski definition) is 4. The number of thiophene rings is 1. The van der Waals surface area contributed by atoms with Crippen LogP contribution in [0.15, 0.2) is 22.5 Å². The van der Waals surface area contributed by atoms with Gasteiger partial charge in [0.2, 0.25) is 0 Å². The Kier molecular flexibility index (Phi) is 11.7. The van der Waals surface area contributed by atoms with Crippen LogP contribution < -0.4 is 10.6 Å².